The summed E-state index contributed by atoms with van der Waals surface area (Å²) >= 11 is 0. The lowest BCUT2D eigenvalue weighted by molar-refractivity contribution is 0.102. The van der Waals surface area contributed by atoms with Crippen molar-refractivity contribution in [3.8, 4) is 0 Å². The van der Waals surface area contributed by atoms with Crippen LogP contribution in [-0.4, -0.2) is 26.9 Å². The van der Waals surface area contributed by atoms with E-state index in [4.69, 9.17) is 0 Å². The van der Waals surface area contributed by atoms with Crippen molar-refractivity contribution in [2.24, 2.45) is 0 Å². The van der Waals surface area contributed by atoms with Crippen LogP contribution in [0.15, 0.2) is 90.3 Å². The molecule has 4 N–H and O–H groups in total. The predicted molar refractivity (Wildman–Crippen MR) is 130 cm³/mol. The van der Waals surface area contributed by atoms with Gasteiger partial charge in [0.15, 0.2) is 0 Å². The van der Waals surface area contributed by atoms with E-state index >= 15 is 0 Å². The van der Waals surface area contributed by atoms with E-state index in [9.17, 15) is 18.0 Å². The maximum Gasteiger partial charge on any atom is 0.323 e. The molecule has 0 heterocycles. The van der Waals surface area contributed by atoms with Gasteiger partial charge in [-0.25, -0.2) is 17.9 Å². The second-order valence-corrected chi connectivity index (χ2v) is 8.86. The van der Waals surface area contributed by atoms with E-state index in [0.29, 0.717) is 17.1 Å². The summed E-state index contributed by atoms with van der Waals surface area (Å²) < 4.78 is 26.7. The van der Waals surface area contributed by atoms with Crippen molar-refractivity contribution in [3.63, 3.8) is 0 Å². The average molecular weight is 465 g/mol. The van der Waals surface area contributed by atoms with E-state index < -0.39 is 22.0 Å². The van der Waals surface area contributed by atoms with Crippen LogP contribution in [0.25, 0.3) is 0 Å². The molecule has 0 bridgehead atoms. The molecular weight excluding hydrogens is 440 g/mol. The van der Waals surface area contributed by atoms with Crippen molar-refractivity contribution in [2.45, 2.75) is 11.8 Å². The Hall–Kier alpha value is -3.95. The van der Waals surface area contributed by atoms with Crippen molar-refractivity contribution >= 4 is 39.0 Å². The molecule has 0 fully saturated rings. The SMILES string of the molecule is C=CCNS(=O)(=O)c1ccc(C(=O)Nc2cc(NC(=O)Nc3ccccc3)ccc2C)cc1. The first-order valence-electron chi connectivity index (χ1n) is 10.0. The number of amides is 3. The lowest BCUT2D eigenvalue weighted by Gasteiger charge is -2.13. The molecule has 0 saturated carbocycles. The number of sulfonamides is 1. The first-order valence-corrected chi connectivity index (χ1v) is 11.5. The summed E-state index contributed by atoms with van der Waals surface area (Å²) in [5.74, 6) is -0.410. The van der Waals surface area contributed by atoms with Gasteiger partial charge in [0.25, 0.3) is 5.91 Å². The van der Waals surface area contributed by atoms with Crippen molar-refractivity contribution in [3.05, 3.63) is 96.6 Å². The average Bonchev–Trinajstić information content (AvgIpc) is 2.80. The molecule has 0 aliphatic heterocycles. The molecule has 9 heteroatoms. The summed E-state index contributed by atoms with van der Waals surface area (Å²) in [6.45, 7) is 5.41. The van der Waals surface area contributed by atoms with Gasteiger partial charge in [0.2, 0.25) is 10.0 Å². The number of para-hydroxylation sites is 1. The maximum atomic E-state index is 12.7. The number of carbonyl (C=O) groups is 2. The van der Waals surface area contributed by atoms with Crippen molar-refractivity contribution in [2.75, 3.05) is 22.5 Å². The normalized spacial score (nSPS) is 10.8. The fraction of sp³-hybridized carbons (Fsp3) is 0.0833. The van der Waals surface area contributed by atoms with Gasteiger partial charge in [-0.1, -0.05) is 30.3 Å². The Kier molecular flexibility index (Phi) is 7.60. The van der Waals surface area contributed by atoms with Crippen LogP contribution in [0.3, 0.4) is 0 Å². The first-order chi connectivity index (χ1) is 15.8. The standard InChI is InChI=1S/C24H24N4O4S/c1-3-15-25-33(31,32)21-13-10-18(11-14-21)23(29)28-22-16-20(12-9-17(22)2)27-24(30)26-19-7-5-4-6-8-19/h3-14,16,25H,1,15H2,2H3,(H,28,29)(H2,26,27,30). The summed E-state index contributed by atoms with van der Waals surface area (Å²) in [6.07, 6.45) is 1.44. The van der Waals surface area contributed by atoms with Crippen LogP contribution in [0.4, 0.5) is 21.9 Å². The van der Waals surface area contributed by atoms with Crippen molar-refractivity contribution in [1.29, 1.82) is 0 Å². The van der Waals surface area contributed by atoms with E-state index in [2.05, 4.69) is 27.3 Å². The van der Waals surface area contributed by atoms with Gasteiger partial charge < -0.3 is 16.0 Å². The fourth-order valence-electron chi connectivity index (χ4n) is 2.88. The minimum atomic E-state index is -3.67. The van der Waals surface area contributed by atoms with Crippen molar-refractivity contribution < 1.29 is 18.0 Å². The number of urea groups is 1. The summed E-state index contributed by atoms with van der Waals surface area (Å²) in [5, 5.41) is 8.25. The summed E-state index contributed by atoms with van der Waals surface area (Å²) in [4.78, 5) is 25.0. The lowest BCUT2D eigenvalue weighted by Crippen LogP contribution is -2.23. The lowest BCUT2D eigenvalue weighted by atomic mass is 10.1. The quantitative estimate of drug-likeness (QED) is 0.371. The van der Waals surface area contributed by atoms with Crippen LogP contribution in [0.1, 0.15) is 15.9 Å². The first kappa shape index (κ1) is 23.7. The Morgan fingerprint density at radius 2 is 1.55 bits per heavy atom. The molecule has 0 spiro atoms. The van der Waals surface area contributed by atoms with Crippen LogP contribution < -0.4 is 20.7 Å². The smallest absolute Gasteiger partial charge is 0.322 e. The van der Waals surface area contributed by atoms with Crippen LogP contribution in [0.5, 0.6) is 0 Å². The highest BCUT2D eigenvalue weighted by atomic mass is 32.2. The van der Waals surface area contributed by atoms with E-state index in [1.807, 2.05) is 25.1 Å². The van der Waals surface area contributed by atoms with Gasteiger partial charge >= 0.3 is 6.03 Å². The molecule has 0 unspecified atom stereocenters. The van der Waals surface area contributed by atoms with Crippen LogP contribution >= 0.6 is 0 Å². The Morgan fingerprint density at radius 3 is 2.21 bits per heavy atom. The van der Waals surface area contributed by atoms with Gasteiger partial charge in [-0.15, -0.1) is 6.58 Å². The summed E-state index contributed by atoms with van der Waals surface area (Å²) in [5.41, 5.74) is 2.75. The number of hydrogen-bond donors (Lipinski definition) is 4. The van der Waals surface area contributed by atoms with Gasteiger partial charge in [-0.05, 0) is 61.0 Å². The molecular formula is C24H24N4O4S. The predicted octanol–water partition coefficient (Wildman–Crippen LogP) is 4.36. The van der Waals surface area contributed by atoms with Gasteiger partial charge in [-0.2, -0.15) is 0 Å². The van der Waals surface area contributed by atoms with Gasteiger partial charge in [0.05, 0.1) is 4.90 Å². The minimum absolute atomic E-state index is 0.0488. The molecule has 0 aliphatic rings. The number of aryl methyl sites for hydroxylation is 1. The number of benzene rings is 3. The molecule has 3 aromatic rings. The van der Waals surface area contributed by atoms with E-state index in [1.54, 1.807) is 30.3 Å². The highest BCUT2D eigenvalue weighted by Gasteiger charge is 2.15. The number of rotatable bonds is 8. The van der Waals surface area contributed by atoms with Gasteiger partial charge in [0, 0.05) is 29.2 Å². The molecule has 0 aliphatic carbocycles. The Labute approximate surface area is 192 Å². The molecule has 0 aromatic heterocycles. The third-order valence-corrected chi connectivity index (χ3v) is 6.06. The largest absolute Gasteiger partial charge is 0.323 e. The van der Waals surface area contributed by atoms with Crippen LogP contribution in [0.2, 0.25) is 0 Å². The summed E-state index contributed by atoms with van der Waals surface area (Å²) in [6, 6.07) is 19.3. The number of anilines is 3. The zero-order valence-electron chi connectivity index (χ0n) is 18.0. The highest BCUT2D eigenvalue weighted by molar-refractivity contribution is 7.89. The molecule has 0 radical (unpaired) electrons. The second kappa shape index (κ2) is 10.6. The van der Waals surface area contributed by atoms with Gasteiger partial charge in [0.1, 0.15) is 0 Å². The van der Waals surface area contributed by atoms with Gasteiger partial charge in [-0.3, -0.25) is 4.79 Å². The monoisotopic (exact) mass is 464 g/mol. The van der Waals surface area contributed by atoms with E-state index in [0.717, 1.165) is 5.56 Å². The van der Waals surface area contributed by atoms with Crippen LogP contribution in [-0.2, 0) is 10.0 Å². The highest BCUT2D eigenvalue weighted by Crippen LogP contribution is 2.22. The molecule has 3 rings (SSSR count). The summed E-state index contributed by atoms with van der Waals surface area (Å²) in [7, 11) is -3.67. The molecule has 8 nitrogen and oxygen atoms in total. The topological polar surface area (TPSA) is 116 Å². The van der Waals surface area contributed by atoms with E-state index in [1.165, 1.54) is 30.3 Å². The molecule has 170 valence electrons. The zero-order valence-corrected chi connectivity index (χ0v) is 18.8. The molecule has 0 atom stereocenters. The molecule has 0 saturated heterocycles. The fourth-order valence-corrected chi connectivity index (χ4v) is 3.88. The minimum Gasteiger partial charge on any atom is -0.322 e. The zero-order chi connectivity index (χ0) is 23.8. The molecule has 3 aromatic carbocycles. The number of hydrogen-bond acceptors (Lipinski definition) is 4. The second-order valence-electron chi connectivity index (χ2n) is 7.09. The number of nitrogens with one attached hydrogen (secondary N) is 4. The van der Waals surface area contributed by atoms with E-state index in [-0.39, 0.29) is 17.0 Å². The third-order valence-electron chi connectivity index (χ3n) is 4.62. The van der Waals surface area contributed by atoms with Crippen molar-refractivity contribution in [1.82, 2.24) is 4.72 Å². The Morgan fingerprint density at radius 1 is 0.879 bits per heavy atom. The Balaban J connectivity index is 1.68. The third kappa shape index (κ3) is 6.52. The molecule has 3 amide bonds. The number of carbonyl (C=O) groups excluding carboxylic acids is 2. The molecule has 33 heavy (non-hydrogen) atoms. The maximum absolute atomic E-state index is 12.7. The Bertz CT molecular complexity index is 1260. The van der Waals surface area contributed by atoms with Crippen LogP contribution in [0, 0.1) is 6.92 Å².